The van der Waals surface area contributed by atoms with Crippen LogP contribution < -0.4 is 0 Å². The van der Waals surface area contributed by atoms with E-state index in [4.69, 9.17) is 42.6 Å². The molecule has 0 aromatic heterocycles. The van der Waals surface area contributed by atoms with Crippen molar-refractivity contribution in [3.05, 3.63) is 0 Å². The van der Waals surface area contributed by atoms with Gasteiger partial charge in [0.1, 0.15) is 122 Å². The van der Waals surface area contributed by atoms with E-state index < -0.39 is 187 Å². The second-order valence-corrected chi connectivity index (χ2v) is 14.0. The molecule has 5 rings (SSSR count). The lowest BCUT2D eigenvalue weighted by Crippen LogP contribution is -2.66. The van der Waals surface area contributed by atoms with Crippen molar-refractivity contribution in [2.24, 2.45) is 0 Å². The average molecular weight is 829 g/mol. The first-order valence-corrected chi connectivity index (χ1v) is 17.6. The van der Waals surface area contributed by atoms with E-state index in [0.29, 0.717) is 0 Å². The maximum Gasteiger partial charge on any atom is 0.187 e. The summed E-state index contributed by atoms with van der Waals surface area (Å²) in [6.07, 6.45) is -45.0. The molecule has 5 aliphatic rings. The van der Waals surface area contributed by atoms with E-state index in [1.165, 1.54) is 0 Å². The van der Waals surface area contributed by atoms with Crippen LogP contribution in [0.15, 0.2) is 0 Å². The fourth-order valence-corrected chi connectivity index (χ4v) is 6.82. The van der Waals surface area contributed by atoms with E-state index in [1.807, 2.05) is 0 Å². The first-order valence-electron chi connectivity index (χ1n) is 17.6. The van der Waals surface area contributed by atoms with Gasteiger partial charge < -0.3 is 129 Å². The molecule has 1 unspecified atom stereocenters. The third-order valence-electron chi connectivity index (χ3n) is 10.3. The van der Waals surface area contributed by atoms with Gasteiger partial charge in [0, 0.05) is 0 Å². The minimum Gasteiger partial charge on any atom is -0.394 e. The highest BCUT2D eigenvalue weighted by molar-refractivity contribution is 4.97. The Morgan fingerprint density at radius 2 is 0.625 bits per heavy atom. The highest BCUT2D eigenvalue weighted by Gasteiger charge is 2.54. The van der Waals surface area contributed by atoms with E-state index in [2.05, 4.69) is 0 Å². The van der Waals surface area contributed by atoms with E-state index in [9.17, 15) is 86.8 Å². The van der Waals surface area contributed by atoms with E-state index in [1.54, 1.807) is 0 Å². The zero-order valence-corrected chi connectivity index (χ0v) is 29.2. The molecule has 0 spiro atoms. The Morgan fingerprint density at radius 3 is 1.05 bits per heavy atom. The molecule has 0 aromatic carbocycles. The van der Waals surface area contributed by atoms with Crippen LogP contribution in [0.4, 0.5) is 0 Å². The summed E-state index contributed by atoms with van der Waals surface area (Å²) in [5.41, 5.74) is 0. The van der Waals surface area contributed by atoms with Crippen LogP contribution >= 0.6 is 0 Å². The lowest BCUT2D eigenvalue weighted by molar-refractivity contribution is -0.373. The zero-order valence-electron chi connectivity index (χ0n) is 29.2. The molecule has 0 radical (unpaired) electrons. The molecular formula is C30H52O26. The van der Waals surface area contributed by atoms with Crippen molar-refractivity contribution in [3.63, 3.8) is 0 Å². The molecule has 5 fully saturated rings. The fourth-order valence-electron chi connectivity index (χ4n) is 6.82. The van der Waals surface area contributed by atoms with Crippen molar-refractivity contribution in [2.75, 3.05) is 33.0 Å². The molecule has 5 heterocycles. The minimum atomic E-state index is -2.03. The van der Waals surface area contributed by atoms with Gasteiger partial charge >= 0.3 is 0 Å². The predicted octanol–water partition coefficient (Wildman–Crippen LogP) is -11.9. The standard InChI is InChI=1S/C30H52O26/c31-1-6-11(34)14(37)20(43)27(51-6)48-4-9-12(35)16(39)22(45)30(54-9)56-25-8(3-33)52-28(23(46)18(25)41)49-5-10-13(36)15(38)21(44)29(53-10)55-24-7(2-32)50-26(47)19(42)17(24)40/h6-47H,1-5H2/t6-,7-,8-,9-,10-,11-,12-,13-,14+,15+,16+,17-,18-,19-,20-,21-,22-,23-,24-,25-,26?,27+,28+,29-,30-/m1/s1. The van der Waals surface area contributed by atoms with Gasteiger partial charge in [0.2, 0.25) is 0 Å². The van der Waals surface area contributed by atoms with Gasteiger partial charge in [0.15, 0.2) is 31.5 Å². The maximum atomic E-state index is 11.0. The van der Waals surface area contributed by atoms with Gasteiger partial charge in [0.05, 0.1) is 33.0 Å². The molecule has 328 valence electrons. The number of hydrogen-bond acceptors (Lipinski definition) is 26. The number of ether oxygens (including phenoxy) is 9. The van der Waals surface area contributed by atoms with Crippen molar-refractivity contribution in [3.8, 4) is 0 Å². The molecule has 0 bridgehead atoms. The van der Waals surface area contributed by atoms with Crippen molar-refractivity contribution < 1.29 is 129 Å². The lowest BCUT2D eigenvalue weighted by Gasteiger charge is -2.47. The van der Waals surface area contributed by atoms with Crippen LogP contribution in [0, 0.1) is 0 Å². The molecule has 0 saturated carbocycles. The molecule has 26 nitrogen and oxygen atoms in total. The zero-order chi connectivity index (χ0) is 41.3. The largest absolute Gasteiger partial charge is 0.394 e. The van der Waals surface area contributed by atoms with E-state index in [-0.39, 0.29) is 0 Å². The van der Waals surface area contributed by atoms with Crippen molar-refractivity contribution in [2.45, 2.75) is 154 Å². The quantitative estimate of drug-likeness (QED) is 0.0819. The number of hydrogen-bond donors (Lipinski definition) is 17. The Balaban J connectivity index is 1.19. The molecule has 0 aliphatic carbocycles. The van der Waals surface area contributed by atoms with Crippen LogP contribution in [0.5, 0.6) is 0 Å². The van der Waals surface area contributed by atoms with Crippen LogP contribution in [0.1, 0.15) is 0 Å². The summed E-state index contributed by atoms with van der Waals surface area (Å²) < 4.78 is 48.8. The normalized spacial score (nSPS) is 53.2. The second kappa shape index (κ2) is 19.6. The highest BCUT2D eigenvalue weighted by atomic mass is 16.8. The summed E-state index contributed by atoms with van der Waals surface area (Å²) in [6.45, 7) is -4.03. The minimum absolute atomic E-state index is 0.714. The lowest BCUT2D eigenvalue weighted by atomic mass is 9.96. The van der Waals surface area contributed by atoms with Crippen LogP contribution in [0.3, 0.4) is 0 Å². The Hall–Kier alpha value is -1.04. The fraction of sp³-hybridized carbons (Fsp3) is 1.00. The van der Waals surface area contributed by atoms with Crippen LogP contribution in [0.2, 0.25) is 0 Å². The first kappa shape index (κ1) is 46.0. The summed E-state index contributed by atoms with van der Waals surface area (Å²) in [5.74, 6) is 0. The molecule has 5 aliphatic heterocycles. The predicted molar refractivity (Wildman–Crippen MR) is 167 cm³/mol. The number of aliphatic hydroxyl groups excluding tert-OH is 17. The summed E-state index contributed by atoms with van der Waals surface area (Å²) in [7, 11) is 0. The summed E-state index contributed by atoms with van der Waals surface area (Å²) in [5, 5.41) is 175. The monoisotopic (exact) mass is 828 g/mol. The molecule has 56 heavy (non-hydrogen) atoms. The van der Waals surface area contributed by atoms with Gasteiger partial charge in [-0.05, 0) is 0 Å². The SMILES string of the molecule is OC[C@H]1O[C@H](OC[C@H]2O[C@H](O[C@H]3[C@H](O)[C@@H](O)[C@@H](OC[C@H]4O[C@H](O[C@H]5[C@H](O)[C@@H](O)C(O)O[C@@H]5CO)[C@H](O)[C@@H](O)[C@@H]4O)O[C@@H]3CO)[C@H](O)[C@@H](O)[C@@H]2O)[C@H](O)[C@@H](O)[C@@H]1O. The van der Waals surface area contributed by atoms with Crippen LogP contribution in [0.25, 0.3) is 0 Å². The highest BCUT2D eigenvalue weighted by Crippen LogP contribution is 2.33. The van der Waals surface area contributed by atoms with Crippen molar-refractivity contribution >= 4 is 0 Å². The topological polar surface area (TPSA) is 427 Å². The molecular weight excluding hydrogens is 776 g/mol. The molecule has 25 atom stereocenters. The third kappa shape index (κ3) is 9.46. The maximum absolute atomic E-state index is 11.0. The van der Waals surface area contributed by atoms with Crippen LogP contribution in [-0.4, -0.2) is 273 Å². The van der Waals surface area contributed by atoms with Gasteiger partial charge in [-0.1, -0.05) is 0 Å². The Bertz CT molecular complexity index is 1200. The van der Waals surface area contributed by atoms with Crippen molar-refractivity contribution in [1.82, 2.24) is 0 Å². The summed E-state index contributed by atoms with van der Waals surface area (Å²) >= 11 is 0. The van der Waals surface area contributed by atoms with E-state index >= 15 is 0 Å². The summed E-state index contributed by atoms with van der Waals surface area (Å²) in [4.78, 5) is 0. The second-order valence-electron chi connectivity index (χ2n) is 14.0. The van der Waals surface area contributed by atoms with Gasteiger partial charge in [0.25, 0.3) is 0 Å². The van der Waals surface area contributed by atoms with Gasteiger partial charge in [-0.25, -0.2) is 0 Å². The molecule has 26 heteroatoms. The Morgan fingerprint density at radius 1 is 0.304 bits per heavy atom. The van der Waals surface area contributed by atoms with Gasteiger partial charge in [-0.2, -0.15) is 0 Å². The molecule has 0 amide bonds. The van der Waals surface area contributed by atoms with Gasteiger partial charge in [-0.15, -0.1) is 0 Å². The van der Waals surface area contributed by atoms with Crippen molar-refractivity contribution in [1.29, 1.82) is 0 Å². The summed E-state index contributed by atoms with van der Waals surface area (Å²) in [6, 6.07) is 0. The molecule has 0 aromatic rings. The number of aliphatic hydroxyl groups is 17. The Labute approximate surface area is 316 Å². The van der Waals surface area contributed by atoms with E-state index in [0.717, 1.165) is 0 Å². The van der Waals surface area contributed by atoms with Gasteiger partial charge in [-0.3, -0.25) is 0 Å². The third-order valence-corrected chi connectivity index (χ3v) is 10.3. The smallest absolute Gasteiger partial charge is 0.187 e. The first-order chi connectivity index (χ1) is 26.4. The Kier molecular flexibility index (Phi) is 16.1. The van der Waals surface area contributed by atoms with Crippen LogP contribution in [-0.2, 0) is 42.6 Å². The number of rotatable bonds is 13. The molecule has 17 N–H and O–H groups in total. The average Bonchev–Trinajstić information content (AvgIpc) is 3.19. The molecule has 5 saturated heterocycles.